The average Bonchev–Trinajstić information content (AvgIpc) is 2.20. The Balaban J connectivity index is 3.08. The normalized spacial score (nSPS) is 14.2. The van der Waals surface area contributed by atoms with Crippen molar-refractivity contribution in [3.63, 3.8) is 0 Å². The van der Waals surface area contributed by atoms with E-state index in [1.54, 1.807) is 0 Å². The van der Waals surface area contributed by atoms with E-state index in [1.807, 2.05) is 7.05 Å². The Hall–Kier alpha value is -0.860. The van der Waals surface area contributed by atoms with Crippen LogP contribution in [-0.2, 0) is 0 Å². The number of aryl methyl sites for hydroxylation is 1. The van der Waals surface area contributed by atoms with Crippen molar-refractivity contribution in [2.24, 2.45) is 0 Å². The molecule has 0 heterocycles. The van der Waals surface area contributed by atoms with Gasteiger partial charge in [0.25, 0.3) is 0 Å². The van der Waals surface area contributed by atoms with Gasteiger partial charge in [-0.15, -0.1) is 0 Å². The monoisotopic (exact) mass is 220 g/mol. The molecule has 0 bridgehead atoms. The third-order valence-corrected chi connectivity index (χ3v) is 3.24. The topological polar surface area (TPSA) is 15.3 Å². The standard InChI is InChI=1S/C14H24N2/c1-11-7-9-12(10-8-11)13(16(5)6)14(2,3)15-4/h7-10,13,15H,1-6H3. The summed E-state index contributed by atoms with van der Waals surface area (Å²) >= 11 is 0. The lowest BCUT2D eigenvalue weighted by atomic mass is 9.87. The molecule has 1 aromatic carbocycles. The SMILES string of the molecule is CNC(C)(C)C(c1ccc(C)cc1)N(C)C. The number of hydrogen-bond acceptors (Lipinski definition) is 2. The summed E-state index contributed by atoms with van der Waals surface area (Å²) in [6.45, 7) is 6.59. The number of hydrogen-bond donors (Lipinski definition) is 1. The largest absolute Gasteiger partial charge is 0.313 e. The van der Waals surface area contributed by atoms with Crippen LogP contribution in [0.1, 0.15) is 31.0 Å². The zero-order valence-electron chi connectivity index (χ0n) is 11.3. The van der Waals surface area contributed by atoms with Crippen molar-refractivity contribution in [3.05, 3.63) is 35.4 Å². The summed E-state index contributed by atoms with van der Waals surface area (Å²) < 4.78 is 0. The van der Waals surface area contributed by atoms with E-state index >= 15 is 0 Å². The summed E-state index contributed by atoms with van der Waals surface area (Å²) in [7, 11) is 6.28. The Kier molecular flexibility index (Phi) is 4.11. The van der Waals surface area contributed by atoms with Gasteiger partial charge in [0, 0.05) is 5.54 Å². The van der Waals surface area contributed by atoms with Crippen LogP contribution in [0.15, 0.2) is 24.3 Å². The molecule has 2 heteroatoms. The van der Waals surface area contributed by atoms with Crippen molar-refractivity contribution in [1.82, 2.24) is 10.2 Å². The zero-order chi connectivity index (χ0) is 12.3. The van der Waals surface area contributed by atoms with Crippen molar-refractivity contribution >= 4 is 0 Å². The lowest BCUT2D eigenvalue weighted by Gasteiger charge is -2.39. The van der Waals surface area contributed by atoms with Gasteiger partial charge in [0.05, 0.1) is 6.04 Å². The van der Waals surface area contributed by atoms with Gasteiger partial charge < -0.3 is 10.2 Å². The van der Waals surface area contributed by atoms with E-state index < -0.39 is 0 Å². The van der Waals surface area contributed by atoms with Crippen molar-refractivity contribution in [1.29, 1.82) is 0 Å². The van der Waals surface area contributed by atoms with E-state index in [0.29, 0.717) is 6.04 Å². The second-order valence-electron chi connectivity index (χ2n) is 5.25. The number of benzene rings is 1. The second-order valence-corrected chi connectivity index (χ2v) is 5.25. The minimum atomic E-state index is 0.0543. The molecule has 0 amide bonds. The highest BCUT2D eigenvalue weighted by molar-refractivity contribution is 5.26. The lowest BCUT2D eigenvalue weighted by Crippen LogP contribution is -2.48. The molecule has 0 fully saturated rings. The number of rotatable bonds is 4. The van der Waals surface area contributed by atoms with Crippen LogP contribution < -0.4 is 5.32 Å². The Morgan fingerprint density at radius 1 is 1.12 bits per heavy atom. The molecule has 0 saturated carbocycles. The van der Waals surface area contributed by atoms with Crippen LogP contribution >= 0.6 is 0 Å². The minimum absolute atomic E-state index is 0.0543. The first kappa shape index (κ1) is 13.2. The van der Waals surface area contributed by atoms with Crippen molar-refractivity contribution in [2.75, 3.05) is 21.1 Å². The molecule has 0 radical (unpaired) electrons. The third-order valence-electron chi connectivity index (χ3n) is 3.24. The predicted molar refractivity (Wildman–Crippen MR) is 70.7 cm³/mol. The quantitative estimate of drug-likeness (QED) is 0.839. The Bertz CT molecular complexity index is 325. The molecule has 2 nitrogen and oxygen atoms in total. The van der Waals surface area contributed by atoms with Crippen LogP contribution in [0.4, 0.5) is 0 Å². The molecule has 16 heavy (non-hydrogen) atoms. The van der Waals surface area contributed by atoms with Crippen molar-refractivity contribution < 1.29 is 0 Å². The Morgan fingerprint density at radius 2 is 1.62 bits per heavy atom. The molecule has 0 aromatic heterocycles. The van der Waals surface area contributed by atoms with Crippen LogP contribution in [0.25, 0.3) is 0 Å². The van der Waals surface area contributed by atoms with E-state index in [0.717, 1.165) is 0 Å². The van der Waals surface area contributed by atoms with E-state index in [1.165, 1.54) is 11.1 Å². The summed E-state index contributed by atoms with van der Waals surface area (Å²) in [6, 6.07) is 9.17. The minimum Gasteiger partial charge on any atom is -0.313 e. The van der Waals surface area contributed by atoms with Crippen LogP contribution in [0.3, 0.4) is 0 Å². The molecule has 90 valence electrons. The van der Waals surface area contributed by atoms with Crippen molar-refractivity contribution in [2.45, 2.75) is 32.4 Å². The number of likely N-dealkylation sites (N-methyl/N-ethyl adjacent to an activating group) is 2. The molecule has 1 atom stereocenters. The summed E-state index contributed by atoms with van der Waals surface area (Å²) in [5.74, 6) is 0. The van der Waals surface area contributed by atoms with Gasteiger partial charge in [-0.1, -0.05) is 29.8 Å². The first-order valence-corrected chi connectivity index (χ1v) is 5.80. The molecule has 1 unspecified atom stereocenters. The predicted octanol–water partition coefficient (Wildman–Crippen LogP) is 2.60. The molecule has 0 aliphatic heterocycles. The van der Waals surface area contributed by atoms with Crippen LogP contribution in [0.5, 0.6) is 0 Å². The zero-order valence-corrected chi connectivity index (χ0v) is 11.3. The highest BCUT2D eigenvalue weighted by atomic mass is 15.2. The molecule has 0 aliphatic carbocycles. The van der Waals surface area contributed by atoms with Crippen molar-refractivity contribution in [3.8, 4) is 0 Å². The van der Waals surface area contributed by atoms with E-state index in [9.17, 15) is 0 Å². The van der Waals surface area contributed by atoms with Gasteiger partial charge in [-0.2, -0.15) is 0 Å². The first-order valence-electron chi connectivity index (χ1n) is 5.80. The maximum Gasteiger partial charge on any atom is 0.0519 e. The number of nitrogens with one attached hydrogen (secondary N) is 1. The van der Waals surface area contributed by atoms with E-state index in [2.05, 4.69) is 69.3 Å². The fourth-order valence-electron chi connectivity index (χ4n) is 2.25. The van der Waals surface area contributed by atoms with Gasteiger partial charge in [0.2, 0.25) is 0 Å². The third kappa shape index (κ3) is 2.83. The smallest absolute Gasteiger partial charge is 0.0519 e. The van der Waals surface area contributed by atoms with Gasteiger partial charge in [0.1, 0.15) is 0 Å². The molecule has 0 spiro atoms. The summed E-state index contributed by atoms with van der Waals surface area (Å²) in [5, 5.41) is 3.39. The molecule has 1 N–H and O–H groups in total. The molecular weight excluding hydrogens is 196 g/mol. The van der Waals surface area contributed by atoms with Gasteiger partial charge in [-0.05, 0) is 47.5 Å². The van der Waals surface area contributed by atoms with E-state index in [4.69, 9.17) is 0 Å². The Morgan fingerprint density at radius 3 is 2.00 bits per heavy atom. The highest BCUT2D eigenvalue weighted by Crippen LogP contribution is 2.29. The summed E-state index contributed by atoms with van der Waals surface area (Å²) in [6.07, 6.45) is 0. The Labute approximate surface area is 99.7 Å². The average molecular weight is 220 g/mol. The lowest BCUT2D eigenvalue weighted by molar-refractivity contribution is 0.177. The van der Waals surface area contributed by atoms with E-state index in [-0.39, 0.29) is 5.54 Å². The van der Waals surface area contributed by atoms with Gasteiger partial charge in [-0.3, -0.25) is 0 Å². The molecule has 1 rings (SSSR count). The van der Waals surface area contributed by atoms with Crippen LogP contribution in [0, 0.1) is 6.92 Å². The fraction of sp³-hybridized carbons (Fsp3) is 0.571. The molecule has 0 saturated heterocycles. The second kappa shape index (κ2) is 4.98. The van der Waals surface area contributed by atoms with Crippen LogP contribution in [0.2, 0.25) is 0 Å². The molecular formula is C14H24N2. The maximum absolute atomic E-state index is 3.39. The number of nitrogens with zero attached hydrogens (tertiary/aromatic N) is 1. The first-order chi connectivity index (χ1) is 7.38. The molecule has 0 aliphatic rings. The van der Waals surface area contributed by atoms with Gasteiger partial charge in [0.15, 0.2) is 0 Å². The van der Waals surface area contributed by atoms with Gasteiger partial charge in [-0.25, -0.2) is 0 Å². The van der Waals surface area contributed by atoms with Crippen LogP contribution in [-0.4, -0.2) is 31.6 Å². The molecule has 1 aromatic rings. The summed E-state index contributed by atoms with van der Waals surface area (Å²) in [5.41, 5.74) is 2.72. The van der Waals surface area contributed by atoms with Gasteiger partial charge >= 0.3 is 0 Å². The highest BCUT2D eigenvalue weighted by Gasteiger charge is 2.30. The summed E-state index contributed by atoms with van der Waals surface area (Å²) in [4.78, 5) is 2.27. The fourth-order valence-corrected chi connectivity index (χ4v) is 2.25. The maximum atomic E-state index is 3.39.